The number of aryl methyl sites for hydroxylation is 2. The minimum absolute atomic E-state index is 0.0314. The van der Waals surface area contributed by atoms with Crippen molar-refractivity contribution in [3.8, 4) is 0 Å². The van der Waals surface area contributed by atoms with Gasteiger partial charge in [0.15, 0.2) is 0 Å². The van der Waals surface area contributed by atoms with Gasteiger partial charge < -0.3 is 14.6 Å². The Labute approximate surface area is 124 Å². The molecule has 0 fully saturated rings. The van der Waals surface area contributed by atoms with Gasteiger partial charge in [0.05, 0.1) is 6.10 Å². The standard InChI is InChI=1S/C17H20N2O2/c1-12-7-9-18(2)16(12)17(21)19-10-8-15(20)14-6-4-3-5-13(14)11-19/h3-7,9,15,20H,8,10-11H2,1-2H3. The summed E-state index contributed by atoms with van der Waals surface area (Å²) in [6.45, 7) is 3.07. The topological polar surface area (TPSA) is 45.5 Å². The molecule has 1 aromatic carbocycles. The fraction of sp³-hybridized carbons (Fsp3) is 0.353. The highest BCUT2D eigenvalue weighted by molar-refractivity contribution is 5.94. The SMILES string of the molecule is Cc1ccn(C)c1C(=O)N1CCC(O)c2ccccc2C1. The lowest BCUT2D eigenvalue weighted by Crippen LogP contribution is -2.32. The van der Waals surface area contributed by atoms with E-state index in [2.05, 4.69) is 0 Å². The fourth-order valence-electron chi connectivity index (χ4n) is 3.02. The zero-order valence-electron chi connectivity index (χ0n) is 12.4. The third-order valence-electron chi connectivity index (χ3n) is 4.21. The van der Waals surface area contributed by atoms with Crippen molar-refractivity contribution in [2.24, 2.45) is 7.05 Å². The van der Waals surface area contributed by atoms with Gasteiger partial charge in [-0.05, 0) is 36.1 Å². The van der Waals surface area contributed by atoms with Crippen molar-refractivity contribution in [2.45, 2.75) is 26.0 Å². The Kier molecular flexibility index (Phi) is 3.55. The van der Waals surface area contributed by atoms with Crippen molar-refractivity contribution >= 4 is 5.91 Å². The first-order valence-corrected chi connectivity index (χ1v) is 7.25. The Balaban J connectivity index is 1.93. The van der Waals surface area contributed by atoms with Gasteiger partial charge in [0, 0.05) is 26.3 Å². The summed E-state index contributed by atoms with van der Waals surface area (Å²) < 4.78 is 1.87. The molecular formula is C17H20N2O2. The van der Waals surface area contributed by atoms with Crippen LogP contribution in [0.25, 0.3) is 0 Å². The molecule has 4 nitrogen and oxygen atoms in total. The summed E-state index contributed by atoms with van der Waals surface area (Å²) >= 11 is 0. The minimum atomic E-state index is -0.492. The molecule has 2 heterocycles. The van der Waals surface area contributed by atoms with Crippen LogP contribution in [0, 0.1) is 6.92 Å². The first-order chi connectivity index (χ1) is 10.1. The fourth-order valence-corrected chi connectivity index (χ4v) is 3.02. The molecule has 4 heteroatoms. The number of hydrogen-bond donors (Lipinski definition) is 1. The predicted octanol–water partition coefficient (Wildman–Crippen LogP) is 2.41. The van der Waals surface area contributed by atoms with Gasteiger partial charge >= 0.3 is 0 Å². The Hall–Kier alpha value is -2.07. The van der Waals surface area contributed by atoms with Gasteiger partial charge in [0.2, 0.25) is 0 Å². The van der Waals surface area contributed by atoms with Crippen molar-refractivity contribution in [1.82, 2.24) is 9.47 Å². The van der Waals surface area contributed by atoms with Crippen LogP contribution in [0.3, 0.4) is 0 Å². The Morgan fingerprint density at radius 1 is 1.29 bits per heavy atom. The molecule has 1 atom stereocenters. The van der Waals surface area contributed by atoms with Gasteiger partial charge in [-0.25, -0.2) is 0 Å². The van der Waals surface area contributed by atoms with E-state index in [9.17, 15) is 9.90 Å². The summed E-state index contributed by atoms with van der Waals surface area (Å²) in [6.07, 6.45) is 1.99. The Morgan fingerprint density at radius 3 is 2.76 bits per heavy atom. The maximum Gasteiger partial charge on any atom is 0.271 e. The first kappa shape index (κ1) is 13.9. The molecule has 110 valence electrons. The van der Waals surface area contributed by atoms with Crippen LogP contribution in [0.15, 0.2) is 36.5 Å². The lowest BCUT2D eigenvalue weighted by atomic mass is 10.0. The van der Waals surface area contributed by atoms with Gasteiger partial charge in [-0.3, -0.25) is 4.79 Å². The second-order valence-corrected chi connectivity index (χ2v) is 5.69. The highest BCUT2D eigenvalue weighted by Crippen LogP contribution is 2.27. The highest BCUT2D eigenvalue weighted by atomic mass is 16.3. The summed E-state index contributed by atoms with van der Waals surface area (Å²) in [5.41, 5.74) is 3.68. The summed E-state index contributed by atoms with van der Waals surface area (Å²) in [5, 5.41) is 10.2. The third-order valence-corrected chi connectivity index (χ3v) is 4.21. The highest BCUT2D eigenvalue weighted by Gasteiger charge is 2.26. The lowest BCUT2D eigenvalue weighted by molar-refractivity contribution is 0.0712. The monoisotopic (exact) mass is 284 g/mol. The van der Waals surface area contributed by atoms with Crippen LogP contribution >= 0.6 is 0 Å². The molecule has 0 aliphatic carbocycles. The summed E-state index contributed by atoms with van der Waals surface area (Å²) in [4.78, 5) is 14.6. The van der Waals surface area contributed by atoms with Crippen molar-refractivity contribution in [3.63, 3.8) is 0 Å². The molecule has 1 aromatic heterocycles. The Bertz CT molecular complexity index is 656. The average Bonchev–Trinajstić information content (AvgIpc) is 2.71. The third kappa shape index (κ3) is 2.47. The summed E-state index contributed by atoms with van der Waals surface area (Å²) in [5.74, 6) is 0.0314. The second kappa shape index (κ2) is 5.37. The van der Waals surface area contributed by atoms with Crippen LogP contribution in [-0.2, 0) is 13.6 Å². The number of aromatic nitrogens is 1. The number of fused-ring (bicyclic) bond motifs is 1. The normalized spacial score (nSPS) is 18.2. The zero-order chi connectivity index (χ0) is 15.0. The summed E-state index contributed by atoms with van der Waals surface area (Å²) in [7, 11) is 1.89. The van der Waals surface area contributed by atoms with Crippen LogP contribution < -0.4 is 0 Å². The lowest BCUT2D eigenvalue weighted by Gasteiger charge is -2.21. The zero-order valence-corrected chi connectivity index (χ0v) is 12.4. The van der Waals surface area contributed by atoms with Crippen molar-refractivity contribution in [2.75, 3.05) is 6.54 Å². The Morgan fingerprint density at radius 2 is 2.05 bits per heavy atom. The number of aliphatic hydroxyl groups is 1. The molecule has 0 radical (unpaired) electrons. The molecule has 3 rings (SSSR count). The van der Waals surface area contributed by atoms with Crippen LogP contribution in [0.5, 0.6) is 0 Å². The molecule has 1 amide bonds. The largest absolute Gasteiger partial charge is 0.388 e. The van der Waals surface area contributed by atoms with E-state index in [1.165, 1.54) is 0 Å². The van der Waals surface area contributed by atoms with Gasteiger partial charge in [0.1, 0.15) is 5.69 Å². The number of nitrogens with zero attached hydrogens (tertiary/aromatic N) is 2. The maximum atomic E-state index is 12.8. The van der Waals surface area contributed by atoms with Gasteiger partial charge in [-0.15, -0.1) is 0 Å². The van der Waals surface area contributed by atoms with E-state index in [0.29, 0.717) is 19.5 Å². The van der Waals surface area contributed by atoms with E-state index in [1.807, 2.05) is 60.0 Å². The molecule has 0 saturated carbocycles. The summed E-state index contributed by atoms with van der Waals surface area (Å²) in [6, 6.07) is 9.77. The van der Waals surface area contributed by atoms with Gasteiger partial charge in [-0.1, -0.05) is 24.3 Å². The molecule has 0 spiro atoms. The van der Waals surface area contributed by atoms with Crippen molar-refractivity contribution in [3.05, 3.63) is 58.9 Å². The molecule has 1 unspecified atom stereocenters. The quantitative estimate of drug-likeness (QED) is 0.874. The molecule has 1 aliphatic rings. The maximum absolute atomic E-state index is 12.8. The number of benzene rings is 1. The first-order valence-electron chi connectivity index (χ1n) is 7.25. The molecule has 1 N–H and O–H groups in total. The van der Waals surface area contributed by atoms with Crippen LogP contribution in [0.4, 0.5) is 0 Å². The van der Waals surface area contributed by atoms with Crippen molar-refractivity contribution < 1.29 is 9.90 Å². The van der Waals surface area contributed by atoms with Crippen LogP contribution in [-0.4, -0.2) is 27.0 Å². The van der Waals surface area contributed by atoms with Crippen LogP contribution in [0.2, 0.25) is 0 Å². The van der Waals surface area contributed by atoms with E-state index in [-0.39, 0.29) is 5.91 Å². The number of amides is 1. The second-order valence-electron chi connectivity index (χ2n) is 5.69. The van der Waals surface area contributed by atoms with Gasteiger partial charge in [-0.2, -0.15) is 0 Å². The molecule has 0 saturated heterocycles. The van der Waals surface area contributed by atoms with Crippen molar-refractivity contribution in [1.29, 1.82) is 0 Å². The van der Waals surface area contributed by atoms with Gasteiger partial charge in [0.25, 0.3) is 5.91 Å². The molecular weight excluding hydrogens is 264 g/mol. The van der Waals surface area contributed by atoms with E-state index < -0.39 is 6.10 Å². The predicted molar refractivity (Wildman–Crippen MR) is 80.9 cm³/mol. The molecule has 1 aliphatic heterocycles. The van der Waals surface area contributed by atoms with Crippen LogP contribution in [0.1, 0.15) is 39.7 Å². The number of carbonyl (C=O) groups is 1. The molecule has 0 bridgehead atoms. The number of carbonyl (C=O) groups excluding carboxylic acids is 1. The van der Waals surface area contributed by atoms with E-state index >= 15 is 0 Å². The van der Waals surface area contributed by atoms with E-state index in [4.69, 9.17) is 0 Å². The minimum Gasteiger partial charge on any atom is -0.388 e. The average molecular weight is 284 g/mol. The molecule has 2 aromatic rings. The molecule has 21 heavy (non-hydrogen) atoms. The number of rotatable bonds is 1. The van der Waals surface area contributed by atoms with E-state index in [0.717, 1.165) is 22.4 Å². The smallest absolute Gasteiger partial charge is 0.271 e. The number of aliphatic hydroxyl groups excluding tert-OH is 1. The van der Waals surface area contributed by atoms with E-state index in [1.54, 1.807) is 0 Å². The number of hydrogen-bond acceptors (Lipinski definition) is 2.